The third kappa shape index (κ3) is 3.82. The topological polar surface area (TPSA) is 72.9 Å². The summed E-state index contributed by atoms with van der Waals surface area (Å²) in [4.78, 5) is 12.7. The second kappa shape index (κ2) is 6.87. The SMILES string of the molecule is CC(C)(C)n1nc(C(=O)NC(CN)C2CCCCC2)cc1C1CC1. The zero-order chi connectivity index (χ0) is 17.3. The minimum atomic E-state index is -0.104. The van der Waals surface area contributed by atoms with E-state index in [1.54, 1.807) is 0 Å². The Labute approximate surface area is 145 Å². The minimum Gasteiger partial charge on any atom is -0.346 e. The van der Waals surface area contributed by atoms with Crippen LogP contribution >= 0.6 is 0 Å². The first-order valence-electron chi connectivity index (χ1n) is 9.51. The van der Waals surface area contributed by atoms with E-state index in [1.807, 2.05) is 10.7 Å². The average Bonchev–Trinajstić information content (AvgIpc) is 3.30. The second-order valence-corrected chi connectivity index (χ2v) is 8.53. The van der Waals surface area contributed by atoms with Crippen LogP contribution in [-0.4, -0.2) is 28.3 Å². The number of rotatable bonds is 5. The molecule has 1 unspecified atom stereocenters. The van der Waals surface area contributed by atoms with Crippen LogP contribution < -0.4 is 11.1 Å². The molecular weight excluding hydrogens is 300 g/mol. The van der Waals surface area contributed by atoms with Gasteiger partial charge in [0.05, 0.1) is 5.54 Å². The number of hydrogen-bond donors (Lipinski definition) is 2. The Hall–Kier alpha value is -1.36. The normalized spacial score (nSPS) is 20.8. The lowest BCUT2D eigenvalue weighted by Gasteiger charge is -2.29. The first-order valence-corrected chi connectivity index (χ1v) is 9.51. The van der Waals surface area contributed by atoms with Gasteiger partial charge in [0.1, 0.15) is 5.69 Å². The number of hydrogen-bond acceptors (Lipinski definition) is 3. The summed E-state index contributed by atoms with van der Waals surface area (Å²) in [7, 11) is 0. The molecule has 2 saturated carbocycles. The molecule has 134 valence electrons. The van der Waals surface area contributed by atoms with E-state index in [9.17, 15) is 4.79 Å². The number of carbonyl (C=O) groups is 1. The van der Waals surface area contributed by atoms with Crippen LogP contribution in [0.15, 0.2) is 6.07 Å². The monoisotopic (exact) mass is 332 g/mol. The molecule has 24 heavy (non-hydrogen) atoms. The summed E-state index contributed by atoms with van der Waals surface area (Å²) < 4.78 is 2.04. The second-order valence-electron chi connectivity index (χ2n) is 8.53. The van der Waals surface area contributed by atoms with Crippen LogP contribution in [0.1, 0.15) is 87.8 Å². The van der Waals surface area contributed by atoms with Gasteiger partial charge >= 0.3 is 0 Å². The average molecular weight is 332 g/mol. The molecule has 1 aromatic rings. The smallest absolute Gasteiger partial charge is 0.272 e. The summed E-state index contributed by atoms with van der Waals surface area (Å²) >= 11 is 0. The molecule has 2 aliphatic carbocycles. The molecule has 3 N–H and O–H groups in total. The number of aromatic nitrogens is 2. The fourth-order valence-corrected chi connectivity index (χ4v) is 3.86. The standard InChI is InChI=1S/C19H32N4O/c1-19(2,3)23-17(14-9-10-14)11-15(22-23)18(24)21-16(12-20)13-7-5-4-6-8-13/h11,13-14,16H,4-10,12,20H2,1-3H3,(H,21,24). The summed E-state index contributed by atoms with van der Waals surface area (Å²) in [6, 6.07) is 2.06. The lowest BCUT2D eigenvalue weighted by Crippen LogP contribution is -2.46. The highest BCUT2D eigenvalue weighted by atomic mass is 16.2. The molecule has 2 aliphatic rings. The predicted molar refractivity (Wildman–Crippen MR) is 96.1 cm³/mol. The molecule has 0 bridgehead atoms. The lowest BCUT2D eigenvalue weighted by molar-refractivity contribution is 0.0909. The maximum absolute atomic E-state index is 12.7. The van der Waals surface area contributed by atoms with Crippen LogP contribution in [0, 0.1) is 5.92 Å². The number of amides is 1. The van der Waals surface area contributed by atoms with Crippen LogP contribution in [-0.2, 0) is 5.54 Å². The lowest BCUT2D eigenvalue weighted by atomic mass is 9.84. The Kier molecular flexibility index (Phi) is 5.00. The van der Waals surface area contributed by atoms with Crippen molar-refractivity contribution in [1.82, 2.24) is 15.1 Å². The van der Waals surface area contributed by atoms with Crippen LogP contribution in [0.4, 0.5) is 0 Å². The molecule has 0 aliphatic heterocycles. The Balaban J connectivity index is 1.74. The molecule has 0 saturated heterocycles. The van der Waals surface area contributed by atoms with Gasteiger partial charge in [-0.15, -0.1) is 0 Å². The fourth-order valence-electron chi connectivity index (χ4n) is 3.86. The summed E-state index contributed by atoms with van der Waals surface area (Å²) in [6.07, 6.45) is 8.57. The molecule has 0 spiro atoms. The van der Waals surface area contributed by atoms with Crippen molar-refractivity contribution in [3.8, 4) is 0 Å². The maximum Gasteiger partial charge on any atom is 0.272 e. The molecule has 3 rings (SSSR count). The van der Waals surface area contributed by atoms with E-state index < -0.39 is 0 Å². The molecule has 0 radical (unpaired) electrons. The summed E-state index contributed by atoms with van der Waals surface area (Å²) in [6.45, 7) is 6.92. The van der Waals surface area contributed by atoms with Crippen molar-refractivity contribution in [3.05, 3.63) is 17.5 Å². The van der Waals surface area contributed by atoms with E-state index in [0.717, 1.165) is 0 Å². The van der Waals surface area contributed by atoms with E-state index in [1.165, 1.54) is 50.6 Å². The fraction of sp³-hybridized carbons (Fsp3) is 0.789. The Morgan fingerprint density at radius 1 is 1.29 bits per heavy atom. The number of nitrogens with zero attached hydrogens (tertiary/aromatic N) is 2. The van der Waals surface area contributed by atoms with Crippen molar-refractivity contribution in [2.75, 3.05) is 6.54 Å². The highest BCUT2D eigenvalue weighted by molar-refractivity contribution is 5.92. The molecule has 0 aromatic carbocycles. The first-order chi connectivity index (χ1) is 11.4. The third-order valence-corrected chi connectivity index (χ3v) is 5.39. The Morgan fingerprint density at radius 3 is 2.50 bits per heavy atom. The van der Waals surface area contributed by atoms with Crippen molar-refractivity contribution >= 4 is 5.91 Å². The first kappa shape index (κ1) is 17.5. The van der Waals surface area contributed by atoms with Crippen LogP contribution in [0.25, 0.3) is 0 Å². The molecule has 2 fully saturated rings. The van der Waals surface area contributed by atoms with E-state index in [2.05, 4.69) is 31.2 Å². The van der Waals surface area contributed by atoms with Gasteiger partial charge < -0.3 is 11.1 Å². The predicted octanol–water partition coefficient (Wildman–Crippen LogP) is 3.15. The quantitative estimate of drug-likeness (QED) is 0.870. The van der Waals surface area contributed by atoms with Crippen molar-refractivity contribution < 1.29 is 4.79 Å². The van der Waals surface area contributed by atoms with Crippen LogP contribution in [0.2, 0.25) is 0 Å². The molecule has 5 nitrogen and oxygen atoms in total. The van der Waals surface area contributed by atoms with Crippen LogP contribution in [0.3, 0.4) is 0 Å². The maximum atomic E-state index is 12.7. The summed E-state index contributed by atoms with van der Waals surface area (Å²) in [5.74, 6) is 1.02. The molecule has 1 aromatic heterocycles. The number of nitrogens with two attached hydrogens (primary N) is 1. The van der Waals surface area contributed by atoms with Crippen molar-refractivity contribution in [2.45, 2.75) is 83.2 Å². The van der Waals surface area contributed by atoms with Crippen LogP contribution in [0.5, 0.6) is 0 Å². The Bertz CT molecular complexity index is 577. The molecular formula is C19H32N4O. The van der Waals surface area contributed by atoms with Gasteiger partial charge in [-0.2, -0.15) is 5.10 Å². The van der Waals surface area contributed by atoms with Gasteiger partial charge in [-0.3, -0.25) is 9.48 Å². The minimum absolute atomic E-state index is 0.0686. The van der Waals surface area contributed by atoms with Gasteiger partial charge in [-0.1, -0.05) is 19.3 Å². The highest BCUT2D eigenvalue weighted by Crippen LogP contribution is 2.41. The highest BCUT2D eigenvalue weighted by Gasteiger charge is 2.33. The molecule has 1 atom stereocenters. The van der Waals surface area contributed by atoms with Gasteiger partial charge in [0, 0.05) is 24.2 Å². The van der Waals surface area contributed by atoms with Crippen molar-refractivity contribution in [2.24, 2.45) is 11.7 Å². The van der Waals surface area contributed by atoms with Crippen molar-refractivity contribution in [1.29, 1.82) is 0 Å². The van der Waals surface area contributed by atoms with Gasteiger partial charge in [0.15, 0.2) is 0 Å². The van der Waals surface area contributed by atoms with Crippen molar-refractivity contribution in [3.63, 3.8) is 0 Å². The molecule has 5 heteroatoms. The van der Waals surface area contributed by atoms with E-state index in [4.69, 9.17) is 5.73 Å². The third-order valence-electron chi connectivity index (χ3n) is 5.39. The summed E-state index contributed by atoms with van der Waals surface area (Å²) in [5, 5.41) is 7.80. The van der Waals surface area contributed by atoms with E-state index >= 15 is 0 Å². The largest absolute Gasteiger partial charge is 0.346 e. The van der Waals surface area contributed by atoms with Gasteiger partial charge in [-0.05, 0) is 58.4 Å². The van der Waals surface area contributed by atoms with E-state index in [-0.39, 0.29) is 17.5 Å². The number of carbonyl (C=O) groups excluding carboxylic acids is 1. The van der Waals surface area contributed by atoms with Gasteiger partial charge in [0.2, 0.25) is 0 Å². The molecule has 1 amide bonds. The Morgan fingerprint density at radius 2 is 1.96 bits per heavy atom. The zero-order valence-corrected chi connectivity index (χ0v) is 15.3. The van der Waals surface area contributed by atoms with E-state index in [0.29, 0.717) is 24.1 Å². The zero-order valence-electron chi connectivity index (χ0n) is 15.3. The number of nitrogens with one attached hydrogen (secondary N) is 1. The summed E-state index contributed by atoms with van der Waals surface area (Å²) in [5.41, 5.74) is 7.59. The molecule has 1 heterocycles. The van der Waals surface area contributed by atoms with Gasteiger partial charge in [0.25, 0.3) is 5.91 Å². The van der Waals surface area contributed by atoms with Gasteiger partial charge in [-0.25, -0.2) is 0 Å².